The summed E-state index contributed by atoms with van der Waals surface area (Å²) < 4.78 is 2.40. The van der Waals surface area contributed by atoms with E-state index in [9.17, 15) is 0 Å². The number of aryl methyl sites for hydroxylation is 1. The molecule has 0 aromatic carbocycles. The summed E-state index contributed by atoms with van der Waals surface area (Å²) in [5.41, 5.74) is 0. The van der Waals surface area contributed by atoms with Crippen LogP contribution in [0.5, 0.6) is 0 Å². The van der Waals surface area contributed by atoms with Crippen LogP contribution in [0, 0.1) is 0 Å². The zero-order valence-electron chi connectivity index (χ0n) is 17.4. The third-order valence-electron chi connectivity index (χ3n) is 4.97. The third-order valence-corrected chi connectivity index (χ3v) is 5.61. The molecule has 0 saturated heterocycles. The first-order chi connectivity index (χ1) is 12.7. The number of rotatable bonds is 10. The molecule has 0 amide bonds. The van der Waals surface area contributed by atoms with Gasteiger partial charge in [-0.15, -0.1) is 34.2 Å². The number of aromatic nitrogens is 3. The minimum absolute atomic E-state index is 0. The van der Waals surface area contributed by atoms with Gasteiger partial charge in [-0.05, 0) is 38.9 Å². The Hall–Kier alpha value is -0.510. The van der Waals surface area contributed by atoms with Crippen LogP contribution in [0.3, 0.4) is 0 Å². The lowest BCUT2D eigenvalue weighted by Crippen LogP contribution is -2.39. The normalized spacial score (nSPS) is 15.0. The van der Waals surface area contributed by atoms with E-state index in [-0.39, 0.29) is 24.0 Å². The molecular formula is C19H37IN6S. The molecule has 6 nitrogen and oxygen atoms in total. The number of thioether (sulfide) groups is 1. The molecule has 1 aromatic heterocycles. The van der Waals surface area contributed by atoms with Gasteiger partial charge in [0, 0.05) is 39.1 Å². The van der Waals surface area contributed by atoms with Crippen LogP contribution < -0.4 is 5.32 Å². The Labute approximate surface area is 186 Å². The highest BCUT2D eigenvalue weighted by Gasteiger charge is 2.23. The molecule has 0 bridgehead atoms. The first-order valence-corrected chi connectivity index (χ1v) is 11.4. The molecule has 2 rings (SSSR count). The Kier molecular flexibility index (Phi) is 12.4. The standard InChI is InChI=1S/C19H36N6S.HI/c1-5-7-15-24(3)18(20-6-2)21-14-10-13-17-22-23-19(26-4)25(17)16-11-8-9-12-16;/h16H,5-15H2,1-4H3,(H,20,21);1H. The summed E-state index contributed by atoms with van der Waals surface area (Å²) >= 11 is 1.71. The smallest absolute Gasteiger partial charge is 0.193 e. The Morgan fingerprint density at radius 1 is 1.26 bits per heavy atom. The lowest BCUT2D eigenvalue weighted by Gasteiger charge is -2.21. The lowest BCUT2D eigenvalue weighted by molar-refractivity contribution is 0.458. The molecule has 1 heterocycles. The van der Waals surface area contributed by atoms with Gasteiger partial charge in [-0.3, -0.25) is 4.99 Å². The second kappa shape index (κ2) is 13.6. The number of halogens is 1. The van der Waals surface area contributed by atoms with E-state index in [0.717, 1.165) is 49.4 Å². The van der Waals surface area contributed by atoms with Crippen molar-refractivity contribution >= 4 is 41.7 Å². The molecule has 1 aromatic rings. The van der Waals surface area contributed by atoms with Crippen molar-refractivity contribution in [2.45, 2.75) is 76.4 Å². The molecule has 1 N–H and O–H groups in total. The van der Waals surface area contributed by atoms with Crippen LogP contribution in [0.25, 0.3) is 0 Å². The highest BCUT2D eigenvalue weighted by molar-refractivity contribution is 14.0. The fourth-order valence-corrected chi connectivity index (χ4v) is 4.11. The van der Waals surface area contributed by atoms with E-state index in [4.69, 9.17) is 4.99 Å². The lowest BCUT2D eigenvalue weighted by atomic mass is 10.2. The van der Waals surface area contributed by atoms with E-state index >= 15 is 0 Å². The Bertz CT molecular complexity index is 556. The monoisotopic (exact) mass is 508 g/mol. The first kappa shape index (κ1) is 24.5. The van der Waals surface area contributed by atoms with E-state index in [1.54, 1.807) is 11.8 Å². The predicted molar refractivity (Wildman–Crippen MR) is 127 cm³/mol. The average molecular weight is 509 g/mol. The summed E-state index contributed by atoms with van der Waals surface area (Å²) in [5.74, 6) is 2.16. The molecular weight excluding hydrogens is 471 g/mol. The van der Waals surface area contributed by atoms with Crippen LogP contribution in [0.1, 0.15) is 70.7 Å². The van der Waals surface area contributed by atoms with Gasteiger partial charge in [0.05, 0.1) is 0 Å². The molecule has 0 radical (unpaired) electrons. The van der Waals surface area contributed by atoms with Crippen LogP contribution >= 0.6 is 35.7 Å². The van der Waals surface area contributed by atoms with Crippen LogP contribution in [0.4, 0.5) is 0 Å². The zero-order valence-corrected chi connectivity index (χ0v) is 20.6. The van der Waals surface area contributed by atoms with Crippen molar-refractivity contribution in [2.75, 3.05) is 32.9 Å². The van der Waals surface area contributed by atoms with Gasteiger partial charge in [0.2, 0.25) is 0 Å². The largest absolute Gasteiger partial charge is 0.357 e. The molecule has 0 spiro atoms. The van der Waals surface area contributed by atoms with Crippen LogP contribution in [-0.2, 0) is 6.42 Å². The summed E-state index contributed by atoms with van der Waals surface area (Å²) in [6.45, 7) is 7.13. The second-order valence-corrected chi connectivity index (χ2v) is 7.80. The van der Waals surface area contributed by atoms with E-state index < -0.39 is 0 Å². The van der Waals surface area contributed by atoms with Gasteiger partial charge in [0.1, 0.15) is 5.82 Å². The maximum absolute atomic E-state index is 4.80. The van der Waals surface area contributed by atoms with Gasteiger partial charge in [-0.2, -0.15) is 0 Å². The van der Waals surface area contributed by atoms with E-state index in [2.05, 4.69) is 52.1 Å². The quantitative estimate of drug-likeness (QED) is 0.167. The fourth-order valence-electron chi connectivity index (χ4n) is 3.54. The topological polar surface area (TPSA) is 58.3 Å². The second-order valence-electron chi connectivity index (χ2n) is 7.03. The molecule has 8 heteroatoms. The van der Waals surface area contributed by atoms with Crippen LogP contribution in [-0.4, -0.2) is 58.6 Å². The van der Waals surface area contributed by atoms with Crippen molar-refractivity contribution in [3.8, 4) is 0 Å². The highest BCUT2D eigenvalue weighted by atomic mass is 127. The molecule has 1 fully saturated rings. The van der Waals surface area contributed by atoms with Gasteiger partial charge in [0.15, 0.2) is 11.1 Å². The number of hydrogen-bond acceptors (Lipinski definition) is 4. The van der Waals surface area contributed by atoms with Crippen molar-refractivity contribution in [1.29, 1.82) is 0 Å². The number of nitrogens with one attached hydrogen (secondary N) is 1. The maximum atomic E-state index is 4.80. The summed E-state index contributed by atoms with van der Waals surface area (Å²) in [4.78, 5) is 7.04. The van der Waals surface area contributed by atoms with E-state index in [0.29, 0.717) is 6.04 Å². The van der Waals surface area contributed by atoms with E-state index in [1.807, 2.05) is 0 Å². The Morgan fingerprint density at radius 3 is 2.63 bits per heavy atom. The number of hydrogen-bond donors (Lipinski definition) is 1. The van der Waals surface area contributed by atoms with Gasteiger partial charge in [0.25, 0.3) is 0 Å². The highest BCUT2D eigenvalue weighted by Crippen LogP contribution is 2.33. The van der Waals surface area contributed by atoms with Gasteiger partial charge in [-0.25, -0.2) is 0 Å². The molecule has 0 aliphatic heterocycles. The summed E-state index contributed by atoms with van der Waals surface area (Å²) in [6.07, 6.45) is 11.7. The summed E-state index contributed by atoms with van der Waals surface area (Å²) in [7, 11) is 2.12. The number of guanidine groups is 1. The van der Waals surface area contributed by atoms with Gasteiger partial charge < -0.3 is 14.8 Å². The summed E-state index contributed by atoms with van der Waals surface area (Å²) in [5, 5.41) is 13.4. The SMILES string of the molecule is CCCCN(C)C(=NCCCc1nnc(SC)n1C1CCCC1)NCC.I. The third kappa shape index (κ3) is 7.44. The number of unbranched alkanes of at least 4 members (excludes halogenated alkanes) is 1. The fraction of sp³-hybridized carbons (Fsp3) is 0.842. The van der Waals surface area contributed by atoms with Crippen molar-refractivity contribution in [3.63, 3.8) is 0 Å². The van der Waals surface area contributed by atoms with Gasteiger partial charge in [-0.1, -0.05) is 37.9 Å². The number of aliphatic imine (C=N–C) groups is 1. The molecule has 27 heavy (non-hydrogen) atoms. The molecule has 0 atom stereocenters. The minimum Gasteiger partial charge on any atom is -0.357 e. The Balaban J connectivity index is 0.00000364. The molecule has 1 aliphatic carbocycles. The maximum Gasteiger partial charge on any atom is 0.193 e. The van der Waals surface area contributed by atoms with Crippen LogP contribution in [0.15, 0.2) is 10.1 Å². The zero-order chi connectivity index (χ0) is 18.8. The molecule has 1 aliphatic rings. The number of nitrogens with zero attached hydrogens (tertiary/aromatic N) is 5. The molecule has 1 saturated carbocycles. The average Bonchev–Trinajstić information content (AvgIpc) is 3.31. The predicted octanol–water partition coefficient (Wildman–Crippen LogP) is 4.36. The molecule has 156 valence electrons. The van der Waals surface area contributed by atoms with Gasteiger partial charge >= 0.3 is 0 Å². The molecule has 0 unspecified atom stereocenters. The van der Waals surface area contributed by atoms with Crippen molar-refractivity contribution in [2.24, 2.45) is 4.99 Å². The summed E-state index contributed by atoms with van der Waals surface area (Å²) in [6, 6.07) is 0.600. The van der Waals surface area contributed by atoms with Crippen molar-refractivity contribution in [3.05, 3.63) is 5.82 Å². The van der Waals surface area contributed by atoms with E-state index in [1.165, 1.54) is 38.5 Å². The van der Waals surface area contributed by atoms with Crippen molar-refractivity contribution in [1.82, 2.24) is 25.0 Å². The first-order valence-electron chi connectivity index (χ1n) is 10.2. The minimum atomic E-state index is 0. The Morgan fingerprint density at radius 2 is 2.00 bits per heavy atom. The van der Waals surface area contributed by atoms with Crippen LogP contribution in [0.2, 0.25) is 0 Å². The van der Waals surface area contributed by atoms with Crippen molar-refractivity contribution < 1.29 is 0 Å².